The average Bonchev–Trinajstić information content (AvgIpc) is 2.61. The second-order valence-electron chi connectivity index (χ2n) is 5.77. The van der Waals surface area contributed by atoms with Gasteiger partial charge in [-0.3, -0.25) is 9.59 Å². The van der Waals surface area contributed by atoms with Crippen molar-refractivity contribution in [2.24, 2.45) is 5.73 Å². The van der Waals surface area contributed by atoms with E-state index < -0.39 is 12.1 Å². The lowest BCUT2D eigenvalue weighted by atomic mass is 10.0. The molecule has 5 heteroatoms. The number of para-hydroxylation sites is 1. The summed E-state index contributed by atoms with van der Waals surface area (Å²) in [4.78, 5) is 26.4. The van der Waals surface area contributed by atoms with Gasteiger partial charge in [-0.15, -0.1) is 0 Å². The maximum atomic E-state index is 12.9. The van der Waals surface area contributed by atoms with Crippen LogP contribution < -0.4 is 16.0 Å². The van der Waals surface area contributed by atoms with Crippen LogP contribution in [-0.2, 0) is 16.0 Å². The predicted octanol–water partition coefficient (Wildman–Crippen LogP) is 1.72. The first-order chi connectivity index (χ1) is 11.5. The molecular formula is C19H23N3O2. The summed E-state index contributed by atoms with van der Waals surface area (Å²) in [5, 5.41) is 2.76. The fraction of sp³-hybridized carbons (Fsp3) is 0.263. The van der Waals surface area contributed by atoms with Gasteiger partial charge in [0.05, 0.1) is 6.04 Å². The highest BCUT2D eigenvalue weighted by Crippen LogP contribution is 2.14. The Morgan fingerprint density at radius 3 is 2.12 bits per heavy atom. The largest absolute Gasteiger partial charge is 0.343 e. The van der Waals surface area contributed by atoms with E-state index in [-0.39, 0.29) is 11.8 Å². The van der Waals surface area contributed by atoms with Crippen molar-refractivity contribution >= 4 is 17.5 Å². The van der Waals surface area contributed by atoms with Gasteiger partial charge in [-0.05, 0) is 24.6 Å². The van der Waals surface area contributed by atoms with E-state index in [1.54, 1.807) is 18.9 Å². The number of carbonyl (C=O) groups excluding carboxylic acids is 2. The molecule has 0 fully saturated rings. The van der Waals surface area contributed by atoms with Gasteiger partial charge in [0.15, 0.2) is 0 Å². The van der Waals surface area contributed by atoms with Crippen LogP contribution in [0.2, 0.25) is 0 Å². The molecule has 2 aromatic carbocycles. The van der Waals surface area contributed by atoms with Gasteiger partial charge in [0.1, 0.15) is 6.04 Å². The summed E-state index contributed by atoms with van der Waals surface area (Å²) in [5.74, 6) is -0.523. The number of hydrogen-bond donors (Lipinski definition) is 2. The summed E-state index contributed by atoms with van der Waals surface area (Å²) >= 11 is 0. The Morgan fingerprint density at radius 2 is 1.58 bits per heavy atom. The predicted molar refractivity (Wildman–Crippen MR) is 95.6 cm³/mol. The molecule has 2 rings (SSSR count). The molecule has 2 amide bonds. The maximum Gasteiger partial charge on any atom is 0.249 e. The molecule has 0 aliphatic heterocycles. The van der Waals surface area contributed by atoms with Crippen LogP contribution in [0.4, 0.5) is 5.69 Å². The van der Waals surface area contributed by atoms with Crippen molar-refractivity contribution in [1.82, 2.24) is 5.32 Å². The summed E-state index contributed by atoms with van der Waals surface area (Å²) in [5.41, 5.74) is 7.38. The first-order valence-electron chi connectivity index (χ1n) is 7.91. The third kappa shape index (κ3) is 4.67. The van der Waals surface area contributed by atoms with Crippen LogP contribution in [0.3, 0.4) is 0 Å². The molecule has 126 valence electrons. The van der Waals surface area contributed by atoms with E-state index >= 15 is 0 Å². The molecule has 0 saturated carbocycles. The van der Waals surface area contributed by atoms with Gasteiger partial charge in [-0.25, -0.2) is 0 Å². The molecule has 2 atom stereocenters. The van der Waals surface area contributed by atoms with Crippen molar-refractivity contribution in [2.45, 2.75) is 25.4 Å². The van der Waals surface area contributed by atoms with E-state index in [0.29, 0.717) is 6.42 Å². The van der Waals surface area contributed by atoms with Gasteiger partial charge < -0.3 is 16.0 Å². The van der Waals surface area contributed by atoms with Crippen LogP contribution in [0.5, 0.6) is 0 Å². The zero-order valence-electron chi connectivity index (χ0n) is 14.0. The monoisotopic (exact) mass is 325 g/mol. The molecular weight excluding hydrogens is 302 g/mol. The number of nitrogens with one attached hydrogen (secondary N) is 1. The van der Waals surface area contributed by atoms with Crippen molar-refractivity contribution in [2.75, 3.05) is 11.9 Å². The van der Waals surface area contributed by atoms with Crippen LogP contribution >= 0.6 is 0 Å². The highest BCUT2D eigenvalue weighted by Gasteiger charge is 2.26. The molecule has 0 unspecified atom stereocenters. The highest BCUT2D eigenvalue weighted by molar-refractivity contribution is 5.99. The van der Waals surface area contributed by atoms with Crippen LogP contribution in [0.15, 0.2) is 60.7 Å². The van der Waals surface area contributed by atoms with Crippen LogP contribution in [-0.4, -0.2) is 30.9 Å². The third-order valence-electron chi connectivity index (χ3n) is 3.78. The van der Waals surface area contributed by atoms with Gasteiger partial charge in [0.2, 0.25) is 11.8 Å². The Labute approximate surface area is 142 Å². The van der Waals surface area contributed by atoms with E-state index in [9.17, 15) is 9.59 Å². The Hall–Kier alpha value is -2.66. The second kappa shape index (κ2) is 8.26. The molecule has 0 bridgehead atoms. The first-order valence-corrected chi connectivity index (χ1v) is 7.91. The normalized spacial score (nSPS) is 13.0. The van der Waals surface area contributed by atoms with Crippen molar-refractivity contribution in [1.29, 1.82) is 0 Å². The zero-order chi connectivity index (χ0) is 17.5. The van der Waals surface area contributed by atoms with E-state index in [0.717, 1.165) is 11.3 Å². The first kappa shape index (κ1) is 17.7. The number of rotatable bonds is 6. The molecule has 0 radical (unpaired) electrons. The molecule has 0 spiro atoms. The molecule has 0 aromatic heterocycles. The number of carbonyl (C=O) groups is 2. The number of anilines is 1. The molecule has 0 aliphatic rings. The smallest absolute Gasteiger partial charge is 0.249 e. The average molecular weight is 325 g/mol. The quantitative estimate of drug-likeness (QED) is 0.849. The van der Waals surface area contributed by atoms with Crippen molar-refractivity contribution < 1.29 is 9.59 Å². The highest BCUT2D eigenvalue weighted by atomic mass is 16.2. The zero-order valence-corrected chi connectivity index (χ0v) is 14.0. The Kier molecular flexibility index (Phi) is 6.09. The second-order valence-corrected chi connectivity index (χ2v) is 5.77. The number of nitrogens with zero attached hydrogens (tertiary/aromatic N) is 1. The lowest BCUT2D eigenvalue weighted by Crippen LogP contribution is -2.52. The van der Waals surface area contributed by atoms with E-state index in [1.165, 1.54) is 0 Å². The minimum absolute atomic E-state index is 0.181. The lowest BCUT2D eigenvalue weighted by Gasteiger charge is -2.25. The molecule has 0 aliphatic carbocycles. The van der Waals surface area contributed by atoms with Gasteiger partial charge in [0.25, 0.3) is 0 Å². The Bertz CT molecular complexity index is 672. The SMILES string of the molecule is C[C@@H](N)C(=O)N[C@@H](Cc1ccccc1)C(=O)N(C)c1ccccc1. The standard InChI is InChI=1S/C19H23N3O2/c1-14(20)18(23)21-17(13-15-9-5-3-6-10-15)19(24)22(2)16-11-7-4-8-12-16/h3-12,14,17H,13,20H2,1-2H3,(H,21,23)/t14-,17+/m1/s1. The minimum atomic E-state index is -0.670. The van der Waals surface area contributed by atoms with E-state index in [4.69, 9.17) is 5.73 Å². The fourth-order valence-corrected chi connectivity index (χ4v) is 2.37. The molecule has 5 nitrogen and oxygen atoms in total. The van der Waals surface area contributed by atoms with Gasteiger partial charge in [0, 0.05) is 19.2 Å². The maximum absolute atomic E-state index is 12.9. The van der Waals surface area contributed by atoms with Crippen molar-refractivity contribution in [3.05, 3.63) is 66.2 Å². The van der Waals surface area contributed by atoms with Crippen molar-refractivity contribution in [3.63, 3.8) is 0 Å². The van der Waals surface area contributed by atoms with E-state index in [2.05, 4.69) is 5.32 Å². The summed E-state index contributed by atoms with van der Waals surface area (Å²) in [7, 11) is 1.70. The number of hydrogen-bond acceptors (Lipinski definition) is 3. The molecule has 2 aromatic rings. The molecule has 0 heterocycles. The molecule has 24 heavy (non-hydrogen) atoms. The molecule has 0 saturated heterocycles. The van der Waals surface area contributed by atoms with Crippen LogP contribution in [0.1, 0.15) is 12.5 Å². The van der Waals surface area contributed by atoms with Gasteiger partial charge in [-0.1, -0.05) is 48.5 Å². The van der Waals surface area contributed by atoms with Gasteiger partial charge in [-0.2, -0.15) is 0 Å². The lowest BCUT2D eigenvalue weighted by molar-refractivity contribution is -0.128. The minimum Gasteiger partial charge on any atom is -0.343 e. The fourth-order valence-electron chi connectivity index (χ4n) is 2.37. The number of benzene rings is 2. The van der Waals surface area contributed by atoms with Gasteiger partial charge >= 0.3 is 0 Å². The van der Waals surface area contributed by atoms with Crippen molar-refractivity contribution in [3.8, 4) is 0 Å². The molecule has 3 N–H and O–H groups in total. The summed E-state index contributed by atoms with van der Waals surface area (Å²) < 4.78 is 0. The number of likely N-dealkylation sites (N-methyl/N-ethyl adjacent to an activating group) is 1. The van der Waals surface area contributed by atoms with Crippen LogP contribution in [0.25, 0.3) is 0 Å². The summed E-state index contributed by atoms with van der Waals surface area (Å²) in [6.07, 6.45) is 0.412. The number of amides is 2. The van der Waals surface area contributed by atoms with Crippen LogP contribution in [0, 0.1) is 0 Å². The van der Waals surface area contributed by atoms with E-state index in [1.807, 2.05) is 60.7 Å². The summed E-state index contributed by atoms with van der Waals surface area (Å²) in [6, 6.07) is 17.6. The topological polar surface area (TPSA) is 75.4 Å². The Morgan fingerprint density at radius 1 is 1.04 bits per heavy atom. The third-order valence-corrected chi connectivity index (χ3v) is 3.78. The summed E-state index contributed by atoms with van der Waals surface area (Å²) in [6.45, 7) is 1.60. The number of nitrogens with two attached hydrogens (primary N) is 1. The Balaban J connectivity index is 2.20.